The first-order valence-electron chi connectivity index (χ1n) is 11.4. The molecule has 2 amide bonds. The predicted octanol–water partition coefficient (Wildman–Crippen LogP) is 4.33. The third-order valence-corrected chi connectivity index (χ3v) is 7.64. The van der Waals surface area contributed by atoms with E-state index in [0.717, 1.165) is 37.2 Å². The van der Waals surface area contributed by atoms with Crippen molar-refractivity contribution < 1.29 is 9.53 Å². The van der Waals surface area contributed by atoms with E-state index >= 15 is 0 Å². The van der Waals surface area contributed by atoms with Crippen molar-refractivity contribution in [2.75, 3.05) is 34.3 Å². The first kappa shape index (κ1) is 20.4. The van der Waals surface area contributed by atoms with Gasteiger partial charge in [-0.3, -0.25) is 4.90 Å². The molecule has 3 fully saturated rings. The van der Waals surface area contributed by atoms with E-state index in [1.807, 2.05) is 12.1 Å². The standard InChI is InChI=1S/C26H33N3O2/c1-27(2)26(22-7-5-4-6-8-22)17-25(18-26)19-28(24(30)29(25)16-21-9-10-21)15-20-11-13-23(31-3)14-12-20/h4-8,11-14,21H,9-10,15-19H2,1-3H3/t25-,26+. The lowest BCUT2D eigenvalue weighted by molar-refractivity contribution is -0.0709. The Labute approximate surface area is 185 Å². The Balaban J connectivity index is 1.40. The molecule has 0 radical (unpaired) electrons. The van der Waals surface area contributed by atoms with E-state index in [0.29, 0.717) is 12.5 Å². The first-order valence-corrected chi connectivity index (χ1v) is 11.4. The van der Waals surface area contributed by atoms with Crippen molar-refractivity contribution in [2.45, 2.75) is 43.3 Å². The van der Waals surface area contributed by atoms with Gasteiger partial charge in [-0.15, -0.1) is 0 Å². The molecule has 1 heterocycles. The lowest BCUT2D eigenvalue weighted by Gasteiger charge is -2.60. The molecule has 164 valence electrons. The molecule has 1 spiro atoms. The Kier molecular flexibility index (Phi) is 4.97. The molecule has 0 atom stereocenters. The summed E-state index contributed by atoms with van der Waals surface area (Å²) in [6, 6.07) is 19.1. The van der Waals surface area contributed by atoms with Crippen LogP contribution in [0.15, 0.2) is 54.6 Å². The maximum absolute atomic E-state index is 13.5. The van der Waals surface area contributed by atoms with Gasteiger partial charge >= 0.3 is 6.03 Å². The highest BCUT2D eigenvalue weighted by atomic mass is 16.5. The summed E-state index contributed by atoms with van der Waals surface area (Å²) in [5.41, 5.74) is 2.45. The maximum Gasteiger partial charge on any atom is 0.320 e. The molecule has 0 bridgehead atoms. The summed E-state index contributed by atoms with van der Waals surface area (Å²) in [6.45, 7) is 2.38. The van der Waals surface area contributed by atoms with Gasteiger partial charge in [-0.25, -0.2) is 4.79 Å². The van der Waals surface area contributed by atoms with Crippen molar-refractivity contribution in [3.8, 4) is 5.75 Å². The second-order valence-electron chi connectivity index (χ2n) is 9.91. The Morgan fingerprint density at radius 2 is 1.71 bits per heavy atom. The number of methoxy groups -OCH3 is 1. The largest absolute Gasteiger partial charge is 0.497 e. The number of nitrogens with zero attached hydrogens (tertiary/aromatic N) is 3. The van der Waals surface area contributed by atoms with Crippen LogP contribution in [0.1, 0.15) is 36.8 Å². The van der Waals surface area contributed by atoms with Crippen LogP contribution in [0.25, 0.3) is 0 Å². The Bertz CT molecular complexity index is 931. The molecule has 5 rings (SSSR count). The molecule has 0 unspecified atom stereocenters. The van der Waals surface area contributed by atoms with Crippen LogP contribution in [0.4, 0.5) is 4.79 Å². The minimum absolute atomic E-state index is 0.000532. The van der Waals surface area contributed by atoms with Gasteiger partial charge in [-0.1, -0.05) is 42.5 Å². The lowest BCUT2D eigenvalue weighted by atomic mass is 9.58. The van der Waals surface area contributed by atoms with Gasteiger partial charge in [-0.05, 0) is 69.0 Å². The molecule has 2 aliphatic carbocycles. The van der Waals surface area contributed by atoms with Gasteiger partial charge in [0.15, 0.2) is 0 Å². The fourth-order valence-corrected chi connectivity index (χ4v) is 5.65. The molecule has 5 nitrogen and oxygen atoms in total. The van der Waals surface area contributed by atoms with Crippen LogP contribution >= 0.6 is 0 Å². The highest BCUT2D eigenvalue weighted by Gasteiger charge is 2.64. The predicted molar refractivity (Wildman–Crippen MR) is 122 cm³/mol. The number of carbonyl (C=O) groups excluding carboxylic acids is 1. The van der Waals surface area contributed by atoms with Crippen molar-refractivity contribution in [3.05, 3.63) is 65.7 Å². The molecule has 2 aromatic carbocycles. The number of rotatable bonds is 7. The molecule has 0 aromatic heterocycles. The summed E-state index contributed by atoms with van der Waals surface area (Å²) >= 11 is 0. The quantitative estimate of drug-likeness (QED) is 0.670. The van der Waals surface area contributed by atoms with E-state index in [-0.39, 0.29) is 17.1 Å². The van der Waals surface area contributed by atoms with Crippen LogP contribution in [0.3, 0.4) is 0 Å². The minimum Gasteiger partial charge on any atom is -0.497 e. The SMILES string of the molecule is COc1ccc(CN2C[C@]3(C[C@](c4ccccc4)(N(C)C)C3)N(CC3CC3)C2=O)cc1. The van der Waals surface area contributed by atoms with Gasteiger partial charge in [0, 0.05) is 19.6 Å². The number of urea groups is 1. The molecule has 5 heteroatoms. The van der Waals surface area contributed by atoms with Gasteiger partial charge in [0.25, 0.3) is 0 Å². The van der Waals surface area contributed by atoms with Crippen LogP contribution in [0.2, 0.25) is 0 Å². The van der Waals surface area contributed by atoms with E-state index in [1.165, 1.54) is 18.4 Å². The molecular formula is C26H33N3O2. The van der Waals surface area contributed by atoms with E-state index < -0.39 is 0 Å². The van der Waals surface area contributed by atoms with Crippen LogP contribution < -0.4 is 4.74 Å². The van der Waals surface area contributed by atoms with E-state index in [1.54, 1.807) is 7.11 Å². The number of ether oxygens (including phenoxy) is 1. The second kappa shape index (κ2) is 7.56. The monoisotopic (exact) mass is 419 g/mol. The van der Waals surface area contributed by atoms with Crippen molar-refractivity contribution in [1.29, 1.82) is 0 Å². The minimum atomic E-state index is -0.0632. The molecule has 3 aliphatic rings. The lowest BCUT2D eigenvalue weighted by Crippen LogP contribution is -2.67. The molecule has 1 aliphatic heterocycles. The van der Waals surface area contributed by atoms with Crippen molar-refractivity contribution in [3.63, 3.8) is 0 Å². The second-order valence-corrected chi connectivity index (χ2v) is 9.91. The Morgan fingerprint density at radius 3 is 2.29 bits per heavy atom. The van der Waals surface area contributed by atoms with Gasteiger partial charge in [0.1, 0.15) is 5.75 Å². The van der Waals surface area contributed by atoms with Gasteiger partial charge in [0.2, 0.25) is 0 Å². The fourth-order valence-electron chi connectivity index (χ4n) is 5.65. The molecule has 2 aromatic rings. The summed E-state index contributed by atoms with van der Waals surface area (Å²) in [7, 11) is 6.03. The zero-order valence-electron chi connectivity index (χ0n) is 18.9. The first-order chi connectivity index (χ1) is 15.0. The van der Waals surface area contributed by atoms with E-state index in [9.17, 15) is 4.79 Å². The number of carbonyl (C=O) groups is 1. The number of benzene rings is 2. The molecule has 31 heavy (non-hydrogen) atoms. The third-order valence-electron chi connectivity index (χ3n) is 7.64. The van der Waals surface area contributed by atoms with Crippen LogP contribution in [-0.2, 0) is 12.1 Å². The van der Waals surface area contributed by atoms with Crippen LogP contribution in [0, 0.1) is 5.92 Å². The summed E-state index contributed by atoms with van der Waals surface area (Å²) in [5.74, 6) is 1.54. The van der Waals surface area contributed by atoms with E-state index in [4.69, 9.17) is 4.74 Å². The molecule has 1 saturated heterocycles. The van der Waals surface area contributed by atoms with Crippen molar-refractivity contribution >= 4 is 6.03 Å². The smallest absolute Gasteiger partial charge is 0.320 e. The zero-order valence-corrected chi connectivity index (χ0v) is 18.9. The molecular weight excluding hydrogens is 386 g/mol. The maximum atomic E-state index is 13.5. The molecule has 2 saturated carbocycles. The highest BCUT2D eigenvalue weighted by Crippen LogP contribution is 2.57. The van der Waals surface area contributed by atoms with Crippen molar-refractivity contribution in [1.82, 2.24) is 14.7 Å². The third kappa shape index (κ3) is 3.49. The van der Waals surface area contributed by atoms with Crippen LogP contribution in [0.5, 0.6) is 5.75 Å². The highest BCUT2D eigenvalue weighted by molar-refractivity contribution is 5.79. The summed E-state index contributed by atoms with van der Waals surface area (Å²) in [4.78, 5) is 20.2. The van der Waals surface area contributed by atoms with Gasteiger partial charge < -0.3 is 14.5 Å². The fraction of sp³-hybridized carbons (Fsp3) is 0.500. The van der Waals surface area contributed by atoms with Crippen molar-refractivity contribution in [2.24, 2.45) is 5.92 Å². The topological polar surface area (TPSA) is 36.0 Å². The summed E-state index contributed by atoms with van der Waals surface area (Å²) in [5, 5.41) is 0. The molecule has 0 N–H and O–H groups in total. The van der Waals surface area contributed by atoms with Gasteiger partial charge in [-0.2, -0.15) is 0 Å². The number of hydrogen-bond acceptors (Lipinski definition) is 3. The normalized spacial score (nSPS) is 27.8. The summed E-state index contributed by atoms with van der Waals surface area (Å²) in [6.07, 6.45) is 4.51. The van der Waals surface area contributed by atoms with E-state index in [2.05, 4.69) is 71.3 Å². The van der Waals surface area contributed by atoms with Crippen LogP contribution in [-0.4, -0.2) is 60.6 Å². The zero-order chi connectivity index (χ0) is 21.6. The average Bonchev–Trinajstić information content (AvgIpc) is 3.54. The van der Waals surface area contributed by atoms with Gasteiger partial charge in [0.05, 0.1) is 18.2 Å². The number of hydrogen-bond donors (Lipinski definition) is 0. The summed E-state index contributed by atoms with van der Waals surface area (Å²) < 4.78 is 5.28. The average molecular weight is 420 g/mol. The Morgan fingerprint density at radius 1 is 1.03 bits per heavy atom. The Hall–Kier alpha value is -2.53. The number of amides is 2.